The molecule has 1 rings (SSSR count). The van der Waals surface area contributed by atoms with E-state index in [1.165, 1.54) is 5.57 Å². The zero-order valence-electron chi connectivity index (χ0n) is 11.0. The molecule has 0 bridgehead atoms. The molecule has 0 radical (unpaired) electrons. The lowest BCUT2D eigenvalue weighted by molar-refractivity contribution is -0.132. The summed E-state index contributed by atoms with van der Waals surface area (Å²) in [7, 11) is 0. The normalized spacial score (nSPS) is 29.1. The minimum absolute atomic E-state index is 0.106. The third kappa shape index (κ3) is 5.03. The van der Waals surface area contributed by atoms with E-state index in [1.807, 2.05) is 12.2 Å². The average Bonchev–Trinajstić information content (AvgIpc) is 2.25. The first-order valence-electron chi connectivity index (χ1n) is 6.16. The zero-order chi connectivity index (χ0) is 12.9. The van der Waals surface area contributed by atoms with Crippen molar-refractivity contribution in [1.29, 1.82) is 0 Å². The lowest BCUT2D eigenvalue weighted by atomic mass is 9.87. The van der Waals surface area contributed by atoms with Crippen LogP contribution >= 0.6 is 0 Å². The molecule has 0 atom stereocenters. The van der Waals surface area contributed by atoms with Crippen molar-refractivity contribution >= 4 is 5.97 Å². The van der Waals surface area contributed by atoms with Crippen LogP contribution in [0.25, 0.3) is 0 Å². The monoisotopic (exact) mass is 234 g/mol. The van der Waals surface area contributed by atoms with Gasteiger partial charge in [-0.2, -0.15) is 0 Å². The van der Waals surface area contributed by atoms with Crippen molar-refractivity contribution in [3.63, 3.8) is 0 Å². The van der Waals surface area contributed by atoms with Crippen LogP contribution in [-0.4, -0.2) is 11.1 Å². The maximum Gasteiger partial charge on any atom is 0.331 e. The van der Waals surface area contributed by atoms with E-state index in [9.17, 15) is 4.79 Å². The Labute approximate surface area is 104 Å². The van der Waals surface area contributed by atoms with Gasteiger partial charge in [0.05, 0.1) is 0 Å². The second kappa shape index (κ2) is 5.85. The van der Waals surface area contributed by atoms with Gasteiger partial charge in [0, 0.05) is 5.57 Å². The van der Waals surface area contributed by atoms with Crippen LogP contribution in [0.4, 0.5) is 0 Å². The first kappa shape index (κ1) is 13.8. The Morgan fingerprint density at radius 2 is 2.06 bits per heavy atom. The molecule has 2 heteroatoms. The fraction of sp³-hybridized carbons (Fsp3) is 0.533. The van der Waals surface area contributed by atoms with E-state index in [1.54, 1.807) is 0 Å². The summed E-state index contributed by atoms with van der Waals surface area (Å²) in [6.45, 7) is 6.47. The Bertz CT molecular complexity index is 370. The first-order chi connectivity index (χ1) is 7.91. The minimum atomic E-state index is -0.798. The van der Waals surface area contributed by atoms with E-state index in [2.05, 4.69) is 32.9 Å². The van der Waals surface area contributed by atoms with Crippen molar-refractivity contribution in [2.75, 3.05) is 0 Å². The molecule has 0 saturated heterocycles. The zero-order valence-corrected chi connectivity index (χ0v) is 11.0. The summed E-state index contributed by atoms with van der Waals surface area (Å²) in [5, 5.41) is 9.07. The molecule has 0 saturated carbocycles. The smallest absolute Gasteiger partial charge is 0.331 e. The van der Waals surface area contributed by atoms with Gasteiger partial charge in [0.25, 0.3) is 0 Å². The molecule has 1 N–H and O–H groups in total. The summed E-state index contributed by atoms with van der Waals surface area (Å²) in [6.07, 6.45) is 11.5. The summed E-state index contributed by atoms with van der Waals surface area (Å²) in [4.78, 5) is 11.0. The van der Waals surface area contributed by atoms with E-state index in [0.717, 1.165) is 19.3 Å². The summed E-state index contributed by atoms with van der Waals surface area (Å²) < 4.78 is 0. The third-order valence-electron chi connectivity index (χ3n) is 3.09. The van der Waals surface area contributed by atoms with Gasteiger partial charge < -0.3 is 5.11 Å². The standard InChI is InChI=1S/C15H22O2/c1-12-6-4-7-13(14(16)17)8-5-10-15(2,3)11-9-12/h5,7,9-10H,4,6,8,11H2,1-3H3,(H,16,17)/b10-5+,12-9+,13-7-. The van der Waals surface area contributed by atoms with Crippen molar-refractivity contribution in [2.45, 2.75) is 46.5 Å². The molecule has 1 aliphatic rings. The lowest BCUT2D eigenvalue weighted by Crippen LogP contribution is -2.06. The number of aliphatic carboxylic acids is 1. The van der Waals surface area contributed by atoms with Crippen LogP contribution in [0.15, 0.2) is 35.5 Å². The van der Waals surface area contributed by atoms with Crippen LogP contribution in [0.5, 0.6) is 0 Å². The van der Waals surface area contributed by atoms with Crippen molar-refractivity contribution < 1.29 is 9.90 Å². The maximum absolute atomic E-state index is 11.0. The third-order valence-corrected chi connectivity index (χ3v) is 3.09. The van der Waals surface area contributed by atoms with Gasteiger partial charge in [0.2, 0.25) is 0 Å². The molecule has 0 spiro atoms. The van der Waals surface area contributed by atoms with Gasteiger partial charge in [-0.25, -0.2) is 4.79 Å². The highest BCUT2D eigenvalue weighted by Crippen LogP contribution is 2.25. The molecule has 94 valence electrons. The summed E-state index contributed by atoms with van der Waals surface area (Å²) in [6, 6.07) is 0. The SMILES string of the molecule is C/C1=C\CC(C)(C)/C=C/C/C(C(=O)O)=C/CC1. The Morgan fingerprint density at radius 1 is 1.35 bits per heavy atom. The average molecular weight is 234 g/mol. The van der Waals surface area contributed by atoms with E-state index < -0.39 is 5.97 Å². The van der Waals surface area contributed by atoms with Crippen LogP contribution in [0, 0.1) is 5.41 Å². The van der Waals surface area contributed by atoms with Gasteiger partial charge in [-0.05, 0) is 38.0 Å². The molecule has 17 heavy (non-hydrogen) atoms. The molecule has 0 aromatic heterocycles. The molecular weight excluding hydrogens is 212 g/mol. The fourth-order valence-corrected chi connectivity index (χ4v) is 1.84. The number of hydrogen-bond acceptors (Lipinski definition) is 1. The van der Waals surface area contributed by atoms with E-state index in [-0.39, 0.29) is 5.41 Å². The van der Waals surface area contributed by atoms with Gasteiger partial charge in [-0.3, -0.25) is 0 Å². The Morgan fingerprint density at radius 3 is 2.71 bits per heavy atom. The quantitative estimate of drug-likeness (QED) is 0.693. The summed E-state index contributed by atoms with van der Waals surface area (Å²) >= 11 is 0. The number of hydrogen-bond donors (Lipinski definition) is 1. The minimum Gasteiger partial charge on any atom is -0.478 e. The van der Waals surface area contributed by atoms with Crippen LogP contribution < -0.4 is 0 Å². The molecule has 1 aliphatic carbocycles. The van der Waals surface area contributed by atoms with E-state index >= 15 is 0 Å². The van der Waals surface area contributed by atoms with E-state index in [0.29, 0.717) is 12.0 Å². The van der Waals surface area contributed by atoms with Gasteiger partial charge in [-0.15, -0.1) is 0 Å². The topological polar surface area (TPSA) is 37.3 Å². The first-order valence-corrected chi connectivity index (χ1v) is 6.16. The van der Waals surface area contributed by atoms with Crippen molar-refractivity contribution in [1.82, 2.24) is 0 Å². The van der Waals surface area contributed by atoms with Gasteiger partial charge in [0.1, 0.15) is 0 Å². The maximum atomic E-state index is 11.0. The summed E-state index contributed by atoms with van der Waals surface area (Å²) in [5.74, 6) is -0.798. The van der Waals surface area contributed by atoms with Gasteiger partial charge in [0.15, 0.2) is 0 Å². The second-order valence-corrected chi connectivity index (χ2v) is 5.42. The van der Waals surface area contributed by atoms with Crippen molar-refractivity contribution in [2.24, 2.45) is 5.41 Å². The predicted octanol–water partition coefficient (Wildman–Crippen LogP) is 4.10. The number of carboxylic acid groups (broad SMARTS) is 1. The number of rotatable bonds is 1. The Balaban J connectivity index is 2.90. The molecule has 0 aliphatic heterocycles. The molecule has 0 amide bonds. The Kier molecular flexibility index (Phi) is 4.73. The molecule has 2 nitrogen and oxygen atoms in total. The highest BCUT2D eigenvalue weighted by atomic mass is 16.4. The molecular formula is C15H22O2. The number of carbonyl (C=O) groups is 1. The lowest BCUT2D eigenvalue weighted by Gasteiger charge is -2.18. The van der Waals surface area contributed by atoms with Gasteiger partial charge in [-0.1, -0.05) is 43.7 Å². The molecule has 0 heterocycles. The van der Waals surface area contributed by atoms with Gasteiger partial charge >= 0.3 is 5.97 Å². The molecule has 0 unspecified atom stereocenters. The number of carboxylic acids is 1. The van der Waals surface area contributed by atoms with Crippen molar-refractivity contribution in [3.8, 4) is 0 Å². The molecule has 0 aromatic carbocycles. The fourth-order valence-electron chi connectivity index (χ4n) is 1.84. The number of allylic oxidation sites excluding steroid dienone is 5. The summed E-state index contributed by atoms with van der Waals surface area (Å²) in [5.41, 5.74) is 1.95. The second-order valence-electron chi connectivity index (χ2n) is 5.42. The highest BCUT2D eigenvalue weighted by molar-refractivity contribution is 5.86. The van der Waals surface area contributed by atoms with Crippen LogP contribution in [-0.2, 0) is 4.79 Å². The van der Waals surface area contributed by atoms with Crippen LogP contribution in [0.2, 0.25) is 0 Å². The highest BCUT2D eigenvalue weighted by Gasteiger charge is 2.13. The molecule has 0 fully saturated rings. The van der Waals surface area contributed by atoms with E-state index in [4.69, 9.17) is 5.11 Å². The van der Waals surface area contributed by atoms with Crippen molar-refractivity contribution in [3.05, 3.63) is 35.5 Å². The Hall–Kier alpha value is -1.31. The van der Waals surface area contributed by atoms with Crippen LogP contribution in [0.3, 0.4) is 0 Å². The largest absolute Gasteiger partial charge is 0.478 e. The predicted molar refractivity (Wildman–Crippen MR) is 70.9 cm³/mol. The molecule has 0 aromatic rings. The van der Waals surface area contributed by atoms with Crippen LogP contribution in [0.1, 0.15) is 46.5 Å².